The van der Waals surface area contributed by atoms with Crippen molar-refractivity contribution in [3.8, 4) is 0 Å². The van der Waals surface area contributed by atoms with Crippen LogP contribution in [-0.2, 0) is 25.7 Å². The second-order valence-corrected chi connectivity index (χ2v) is 6.51. The Labute approximate surface area is 123 Å². The lowest BCUT2D eigenvalue weighted by Crippen LogP contribution is -2.03. The summed E-state index contributed by atoms with van der Waals surface area (Å²) in [5, 5.41) is 0. The van der Waals surface area contributed by atoms with E-state index >= 15 is 0 Å². The number of nitrogens with zero attached hydrogens (tertiary/aromatic N) is 1. The maximum atomic E-state index is 12.4. The first kappa shape index (κ1) is 13.5. The summed E-state index contributed by atoms with van der Waals surface area (Å²) in [5.74, 6) is 0.209. The Morgan fingerprint density at radius 3 is 2.85 bits per heavy atom. The molecule has 2 heterocycles. The fourth-order valence-corrected chi connectivity index (χ4v) is 3.84. The standard InChI is InChI=1S/C17H19NOS/c1-2-12-7-8-14(18-11-12)10-15(19)17-9-13-5-3-4-6-16(13)20-17/h7-9,11H,2-6,10H2,1H3. The van der Waals surface area contributed by atoms with E-state index in [2.05, 4.69) is 24.0 Å². The maximum absolute atomic E-state index is 12.4. The zero-order valence-electron chi connectivity index (χ0n) is 11.8. The SMILES string of the molecule is CCc1ccc(CC(=O)c2cc3c(s2)CCCC3)nc1. The van der Waals surface area contributed by atoms with Crippen molar-refractivity contribution in [1.82, 2.24) is 4.98 Å². The topological polar surface area (TPSA) is 30.0 Å². The highest BCUT2D eigenvalue weighted by atomic mass is 32.1. The van der Waals surface area contributed by atoms with Gasteiger partial charge in [0.05, 0.1) is 11.3 Å². The number of ketones is 1. The molecule has 0 saturated heterocycles. The van der Waals surface area contributed by atoms with Gasteiger partial charge >= 0.3 is 0 Å². The zero-order chi connectivity index (χ0) is 13.9. The van der Waals surface area contributed by atoms with E-state index in [0.29, 0.717) is 6.42 Å². The van der Waals surface area contributed by atoms with Crippen LogP contribution >= 0.6 is 11.3 Å². The molecule has 3 heteroatoms. The third kappa shape index (κ3) is 2.83. The van der Waals surface area contributed by atoms with Gasteiger partial charge in [0.15, 0.2) is 5.78 Å². The van der Waals surface area contributed by atoms with E-state index in [1.54, 1.807) is 11.3 Å². The number of rotatable bonds is 4. The molecule has 0 aromatic carbocycles. The Bertz CT molecular complexity index is 589. The molecule has 0 fully saturated rings. The molecular weight excluding hydrogens is 266 g/mol. The minimum Gasteiger partial charge on any atom is -0.293 e. The largest absolute Gasteiger partial charge is 0.293 e. The van der Waals surface area contributed by atoms with Crippen LogP contribution in [-0.4, -0.2) is 10.8 Å². The van der Waals surface area contributed by atoms with Gasteiger partial charge in [-0.15, -0.1) is 11.3 Å². The summed E-state index contributed by atoms with van der Waals surface area (Å²) in [5.41, 5.74) is 3.49. The van der Waals surface area contributed by atoms with Gasteiger partial charge in [0.25, 0.3) is 0 Å². The summed E-state index contributed by atoms with van der Waals surface area (Å²) in [6.45, 7) is 2.11. The average molecular weight is 285 g/mol. The molecule has 104 valence electrons. The molecule has 0 bridgehead atoms. The van der Waals surface area contributed by atoms with Gasteiger partial charge < -0.3 is 0 Å². The first-order chi connectivity index (χ1) is 9.76. The van der Waals surface area contributed by atoms with Crippen LogP contribution in [0.4, 0.5) is 0 Å². The number of hydrogen-bond acceptors (Lipinski definition) is 3. The average Bonchev–Trinajstić information content (AvgIpc) is 2.92. The van der Waals surface area contributed by atoms with Crippen LogP contribution in [0, 0.1) is 0 Å². The first-order valence-corrected chi connectivity index (χ1v) is 8.16. The van der Waals surface area contributed by atoms with Crippen LogP contribution < -0.4 is 0 Å². The van der Waals surface area contributed by atoms with Crippen molar-refractivity contribution in [1.29, 1.82) is 0 Å². The minimum absolute atomic E-state index is 0.209. The lowest BCUT2D eigenvalue weighted by atomic mass is 9.99. The van der Waals surface area contributed by atoms with E-state index in [1.165, 1.54) is 28.8 Å². The van der Waals surface area contributed by atoms with Gasteiger partial charge in [-0.25, -0.2) is 0 Å². The molecule has 0 unspecified atom stereocenters. The van der Waals surface area contributed by atoms with E-state index in [4.69, 9.17) is 0 Å². The van der Waals surface area contributed by atoms with Crippen LogP contribution in [0.15, 0.2) is 24.4 Å². The number of fused-ring (bicyclic) bond motifs is 1. The lowest BCUT2D eigenvalue weighted by Gasteiger charge is -2.08. The molecule has 2 aromatic rings. The molecule has 0 amide bonds. The zero-order valence-corrected chi connectivity index (χ0v) is 12.6. The summed E-state index contributed by atoms with van der Waals surface area (Å²) in [7, 11) is 0. The van der Waals surface area contributed by atoms with Crippen molar-refractivity contribution < 1.29 is 4.79 Å². The molecule has 0 spiro atoms. The van der Waals surface area contributed by atoms with Crippen LogP contribution in [0.3, 0.4) is 0 Å². The third-order valence-electron chi connectivity index (χ3n) is 3.91. The van der Waals surface area contributed by atoms with Crippen LogP contribution in [0.1, 0.15) is 51.1 Å². The Kier molecular flexibility index (Phi) is 3.97. The molecule has 0 aliphatic heterocycles. The van der Waals surface area contributed by atoms with Crippen molar-refractivity contribution in [2.24, 2.45) is 0 Å². The number of carbonyl (C=O) groups excluding carboxylic acids is 1. The molecule has 0 saturated carbocycles. The Morgan fingerprint density at radius 2 is 2.15 bits per heavy atom. The van der Waals surface area contributed by atoms with E-state index in [9.17, 15) is 4.79 Å². The fraction of sp³-hybridized carbons (Fsp3) is 0.412. The van der Waals surface area contributed by atoms with Gasteiger partial charge in [0.1, 0.15) is 0 Å². The monoisotopic (exact) mass is 285 g/mol. The number of thiophene rings is 1. The first-order valence-electron chi connectivity index (χ1n) is 7.35. The number of Topliss-reactive ketones (excluding diaryl/α,β-unsaturated/α-hetero) is 1. The normalized spacial score (nSPS) is 14.1. The van der Waals surface area contributed by atoms with Crippen molar-refractivity contribution >= 4 is 17.1 Å². The van der Waals surface area contributed by atoms with Crippen molar-refractivity contribution in [3.63, 3.8) is 0 Å². The Balaban J connectivity index is 1.73. The molecule has 2 nitrogen and oxygen atoms in total. The van der Waals surface area contributed by atoms with Gasteiger partial charge in [0.2, 0.25) is 0 Å². The number of hydrogen-bond donors (Lipinski definition) is 0. The highest BCUT2D eigenvalue weighted by Crippen LogP contribution is 2.30. The summed E-state index contributed by atoms with van der Waals surface area (Å²) >= 11 is 1.69. The predicted molar refractivity (Wildman–Crippen MR) is 82.6 cm³/mol. The summed E-state index contributed by atoms with van der Waals surface area (Å²) in [6, 6.07) is 6.15. The molecule has 20 heavy (non-hydrogen) atoms. The summed E-state index contributed by atoms with van der Waals surface area (Å²) < 4.78 is 0. The Hall–Kier alpha value is -1.48. The maximum Gasteiger partial charge on any atom is 0.178 e. The van der Waals surface area contributed by atoms with Crippen molar-refractivity contribution in [3.05, 3.63) is 51.0 Å². The predicted octanol–water partition coefficient (Wildman–Crippen LogP) is 4.01. The van der Waals surface area contributed by atoms with E-state index in [0.717, 1.165) is 29.8 Å². The molecule has 0 radical (unpaired) electrons. The summed E-state index contributed by atoms with van der Waals surface area (Å²) in [4.78, 5) is 19.1. The summed E-state index contributed by atoms with van der Waals surface area (Å²) in [6.07, 6.45) is 8.10. The number of carbonyl (C=O) groups is 1. The molecule has 2 aromatic heterocycles. The van der Waals surface area contributed by atoms with Crippen molar-refractivity contribution in [2.45, 2.75) is 45.4 Å². The van der Waals surface area contributed by atoms with E-state index in [1.807, 2.05) is 12.3 Å². The third-order valence-corrected chi connectivity index (χ3v) is 5.19. The highest BCUT2D eigenvalue weighted by Gasteiger charge is 2.17. The number of aryl methyl sites for hydroxylation is 3. The van der Waals surface area contributed by atoms with Crippen LogP contribution in [0.25, 0.3) is 0 Å². The molecule has 1 aliphatic rings. The smallest absolute Gasteiger partial charge is 0.178 e. The second kappa shape index (κ2) is 5.88. The number of pyridine rings is 1. The highest BCUT2D eigenvalue weighted by molar-refractivity contribution is 7.14. The second-order valence-electron chi connectivity index (χ2n) is 5.38. The Morgan fingerprint density at radius 1 is 1.30 bits per heavy atom. The van der Waals surface area contributed by atoms with Gasteiger partial charge in [-0.1, -0.05) is 13.0 Å². The molecule has 1 aliphatic carbocycles. The van der Waals surface area contributed by atoms with Crippen molar-refractivity contribution in [2.75, 3.05) is 0 Å². The molecular formula is C17H19NOS. The van der Waals surface area contributed by atoms with E-state index < -0.39 is 0 Å². The number of aromatic nitrogens is 1. The lowest BCUT2D eigenvalue weighted by molar-refractivity contribution is 0.0995. The van der Waals surface area contributed by atoms with Gasteiger partial charge in [0, 0.05) is 16.8 Å². The van der Waals surface area contributed by atoms with Crippen LogP contribution in [0.5, 0.6) is 0 Å². The quantitative estimate of drug-likeness (QED) is 0.794. The molecule has 0 atom stereocenters. The van der Waals surface area contributed by atoms with Gasteiger partial charge in [-0.3, -0.25) is 9.78 Å². The fourth-order valence-electron chi connectivity index (χ4n) is 2.65. The minimum atomic E-state index is 0.209. The van der Waals surface area contributed by atoms with Gasteiger partial charge in [-0.05, 0) is 55.4 Å². The van der Waals surface area contributed by atoms with E-state index in [-0.39, 0.29) is 5.78 Å². The molecule has 0 N–H and O–H groups in total. The van der Waals surface area contributed by atoms with Crippen LogP contribution in [0.2, 0.25) is 0 Å². The van der Waals surface area contributed by atoms with Gasteiger partial charge in [-0.2, -0.15) is 0 Å². The molecule has 3 rings (SSSR count).